The van der Waals surface area contributed by atoms with E-state index in [1.54, 1.807) is 9.58 Å². The Labute approximate surface area is 178 Å². The van der Waals surface area contributed by atoms with Crippen LogP contribution in [0.5, 0.6) is 0 Å². The van der Waals surface area contributed by atoms with Gasteiger partial charge in [-0.25, -0.2) is 9.18 Å². The zero-order chi connectivity index (χ0) is 21.3. The molecule has 0 unspecified atom stereocenters. The van der Waals surface area contributed by atoms with Crippen molar-refractivity contribution in [1.29, 1.82) is 0 Å². The second kappa shape index (κ2) is 6.44. The smallest absolute Gasteiger partial charge is 0.318 e. The summed E-state index contributed by atoms with van der Waals surface area (Å²) in [6.07, 6.45) is 4.58. The van der Waals surface area contributed by atoms with Gasteiger partial charge in [-0.1, -0.05) is 11.6 Å². The first kappa shape index (κ1) is 19.4. The van der Waals surface area contributed by atoms with Crippen molar-refractivity contribution in [3.8, 4) is 11.3 Å². The number of urea groups is 1. The molecule has 5 rings (SSSR count). The van der Waals surface area contributed by atoms with E-state index in [1.807, 2.05) is 0 Å². The van der Waals surface area contributed by atoms with Crippen LogP contribution in [0.3, 0.4) is 0 Å². The van der Waals surface area contributed by atoms with Crippen molar-refractivity contribution in [3.05, 3.63) is 40.3 Å². The average molecular weight is 432 g/mol. The van der Waals surface area contributed by atoms with Gasteiger partial charge in [-0.05, 0) is 56.2 Å². The van der Waals surface area contributed by atoms with Crippen molar-refractivity contribution in [1.82, 2.24) is 20.0 Å². The molecule has 0 saturated heterocycles. The number of fused-ring (bicyclic) bond motifs is 1. The van der Waals surface area contributed by atoms with Crippen LogP contribution in [0.1, 0.15) is 48.7 Å². The van der Waals surface area contributed by atoms with Crippen LogP contribution in [0.15, 0.2) is 18.2 Å². The highest BCUT2D eigenvalue weighted by atomic mass is 35.5. The Morgan fingerprint density at radius 2 is 2.00 bits per heavy atom. The Balaban J connectivity index is 1.40. The number of nitrogens with one attached hydrogen (secondary N) is 1. The Morgan fingerprint density at radius 1 is 1.27 bits per heavy atom. The van der Waals surface area contributed by atoms with Gasteiger partial charge in [0.2, 0.25) is 0 Å². The standard InChI is InChI=1S/C21H23ClFN5O2/c1-20(10-21(11-20)4-5-21)25-19(30)27-6-7-28-15(9-27)16(18(24)29)17(26-28)12-2-3-14(23)13(22)8-12/h2-3,8H,4-7,9-11H2,1H3,(H2,24,29)(H,25,30). The van der Waals surface area contributed by atoms with E-state index in [4.69, 9.17) is 17.3 Å². The maximum atomic E-state index is 13.6. The SMILES string of the molecule is CC1(NC(=O)N2CCn3nc(-c4ccc(F)c(Cl)c4)c(C(N)=O)c3C2)CC2(CC2)C1. The summed E-state index contributed by atoms with van der Waals surface area (Å²) in [6, 6.07) is 4.03. The number of amides is 3. The molecule has 2 heterocycles. The number of carbonyl (C=O) groups is 2. The fourth-order valence-corrected chi connectivity index (χ4v) is 5.34. The van der Waals surface area contributed by atoms with E-state index in [2.05, 4.69) is 17.3 Å². The number of rotatable bonds is 3. The van der Waals surface area contributed by atoms with E-state index in [9.17, 15) is 14.0 Å². The largest absolute Gasteiger partial charge is 0.365 e. The summed E-state index contributed by atoms with van der Waals surface area (Å²) in [5.74, 6) is -1.19. The van der Waals surface area contributed by atoms with Gasteiger partial charge in [0, 0.05) is 17.6 Å². The van der Waals surface area contributed by atoms with Gasteiger partial charge < -0.3 is 16.0 Å². The zero-order valence-electron chi connectivity index (χ0n) is 16.7. The molecule has 1 aromatic heterocycles. The third kappa shape index (κ3) is 3.14. The molecule has 1 aromatic carbocycles. The van der Waals surface area contributed by atoms with Gasteiger partial charge >= 0.3 is 6.03 Å². The molecule has 30 heavy (non-hydrogen) atoms. The van der Waals surface area contributed by atoms with Crippen molar-refractivity contribution in [2.45, 2.75) is 51.2 Å². The highest BCUT2D eigenvalue weighted by Crippen LogP contribution is 2.64. The normalized spacial score (nSPS) is 20.4. The van der Waals surface area contributed by atoms with Gasteiger partial charge in [-0.15, -0.1) is 0 Å². The van der Waals surface area contributed by atoms with Crippen LogP contribution in [-0.2, 0) is 13.1 Å². The molecule has 3 amide bonds. The van der Waals surface area contributed by atoms with Gasteiger partial charge in [0.05, 0.1) is 29.4 Å². The summed E-state index contributed by atoms with van der Waals surface area (Å²) in [5.41, 5.74) is 7.65. The Hall–Kier alpha value is -2.61. The summed E-state index contributed by atoms with van der Waals surface area (Å²) in [4.78, 5) is 26.8. The van der Waals surface area contributed by atoms with Crippen LogP contribution in [-0.4, -0.2) is 38.7 Å². The fourth-order valence-electron chi connectivity index (χ4n) is 5.15. The Morgan fingerprint density at radius 3 is 2.63 bits per heavy atom. The first-order valence-electron chi connectivity index (χ1n) is 10.1. The van der Waals surface area contributed by atoms with Crippen LogP contribution in [0.2, 0.25) is 5.02 Å². The number of benzene rings is 1. The molecule has 158 valence electrons. The van der Waals surface area contributed by atoms with Crippen molar-refractivity contribution in [2.75, 3.05) is 6.54 Å². The first-order valence-corrected chi connectivity index (χ1v) is 10.5. The monoisotopic (exact) mass is 431 g/mol. The molecule has 2 aromatic rings. The molecule has 0 atom stereocenters. The van der Waals surface area contributed by atoms with E-state index in [-0.39, 0.29) is 28.7 Å². The molecular formula is C21H23ClFN5O2. The molecule has 0 bridgehead atoms. The molecule has 3 N–H and O–H groups in total. The average Bonchev–Trinajstić information content (AvgIpc) is 3.32. The predicted molar refractivity (Wildman–Crippen MR) is 109 cm³/mol. The number of carbonyl (C=O) groups excluding carboxylic acids is 2. The summed E-state index contributed by atoms with van der Waals surface area (Å²) in [7, 11) is 0. The molecule has 9 heteroatoms. The maximum absolute atomic E-state index is 13.6. The first-order chi connectivity index (χ1) is 14.2. The number of hydrogen-bond donors (Lipinski definition) is 2. The lowest BCUT2D eigenvalue weighted by atomic mass is 9.67. The molecule has 1 spiro atoms. The lowest BCUT2D eigenvalue weighted by molar-refractivity contribution is 0.0935. The summed E-state index contributed by atoms with van der Waals surface area (Å²) in [5, 5.41) is 7.63. The van der Waals surface area contributed by atoms with E-state index in [0.29, 0.717) is 35.5 Å². The van der Waals surface area contributed by atoms with E-state index in [1.165, 1.54) is 31.0 Å². The van der Waals surface area contributed by atoms with Gasteiger partial charge in [-0.2, -0.15) is 5.10 Å². The number of aromatic nitrogens is 2. The topological polar surface area (TPSA) is 93.2 Å². The van der Waals surface area contributed by atoms with Crippen LogP contribution < -0.4 is 11.1 Å². The van der Waals surface area contributed by atoms with Gasteiger partial charge in [0.25, 0.3) is 5.91 Å². The number of nitrogens with zero attached hydrogens (tertiary/aromatic N) is 3. The van der Waals surface area contributed by atoms with Crippen LogP contribution >= 0.6 is 11.6 Å². The molecule has 3 aliphatic rings. The van der Waals surface area contributed by atoms with Crippen molar-refractivity contribution < 1.29 is 14.0 Å². The highest BCUT2D eigenvalue weighted by Gasteiger charge is 2.59. The number of hydrogen-bond acceptors (Lipinski definition) is 3. The number of primary amides is 1. The second-order valence-corrected chi connectivity index (χ2v) is 9.56. The van der Waals surface area contributed by atoms with Gasteiger partial charge in [0.15, 0.2) is 0 Å². The maximum Gasteiger partial charge on any atom is 0.318 e. The third-order valence-corrected chi connectivity index (χ3v) is 6.89. The van der Waals surface area contributed by atoms with Gasteiger partial charge in [0.1, 0.15) is 11.5 Å². The van der Waals surface area contributed by atoms with Crippen molar-refractivity contribution in [3.63, 3.8) is 0 Å². The summed E-state index contributed by atoms with van der Waals surface area (Å²) >= 11 is 5.91. The van der Waals surface area contributed by atoms with Crippen molar-refractivity contribution in [2.24, 2.45) is 11.1 Å². The molecule has 1 aliphatic heterocycles. The van der Waals surface area contributed by atoms with E-state index >= 15 is 0 Å². The molecule has 2 saturated carbocycles. The van der Waals surface area contributed by atoms with E-state index in [0.717, 1.165) is 12.8 Å². The Kier molecular flexibility index (Phi) is 4.16. The summed E-state index contributed by atoms with van der Waals surface area (Å²) < 4.78 is 15.3. The van der Waals surface area contributed by atoms with Crippen LogP contribution in [0, 0.1) is 11.2 Å². The highest BCUT2D eigenvalue weighted by molar-refractivity contribution is 6.31. The summed E-state index contributed by atoms with van der Waals surface area (Å²) in [6.45, 7) is 3.24. The minimum absolute atomic E-state index is 0.0583. The van der Waals surface area contributed by atoms with Crippen LogP contribution in [0.25, 0.3) is 11.3 Å². The lowest BCUT2D eigenvalue weighted by Crippen LogP contribution is -2.59. The number of nitrogens with two attached hydrogens (primary N) is 1. The van der Waals surface area contributed by atoms with E-state index < -0.39 is 11.7 Å². The van der Waals surface area contributed by atoms with Gasteiger partial charge in [-0.3, -0.25) is 9.48 Å². The zero-order valence-corrected chi connectivity index (χ0v) is 17.4. The van der Waals surface area contributed by atoms with Crippen LogP contribution in [0.4, 0.5) is 9.18 Å². The molecule has 2 fully saturated rings. The number of halogens is 2. The minimum Gasteiger partial charge on any atom is -0.365 e. The molecule has 7 nitrogen and oxygen atoms in total. The lowest BCUT2D eigenvalue weighted by Gasteiger charge is -2.47. The Bertz CT molecular complexity index is 1070. The molecule has 0 radical (unpaired) electrons. The van der Waals surface area contributed by atoms with Crippen molar-refractivity contribution >= 4 is 23.5 Å². The quantitative estimate of drug-likeness (QED) is 0.780. The third-order valence-electron chi connectivity index (χ3n) is 6.60. The molecule has 2 aliphatic carbocycles. The fraction of sp³-hybridized carbons (Fsp3) is 0.476. The minimum atomic E-state index is -0.643. The predicted octanol–water partition coefficient (Wildman–Crippen LogP) is 3.30. The molecular weight excluding hydrogens is 409 g/mol. The second-order valence-electron chi connectivity index (χ2n) is 9.15.